The lowest BCUT2D eigenvalue weighted by Gasteiger charge is -1.78. The first-order valence-electron chi connectivity index (χ1n) is 2.32. The van der Waals surface area contributed by atoms with E-state index in [4.69, 9.17) is 23.4 Å². The molecule has 7 nitrogen and oxygen atoms in total. The maximum Gasteiger partial charge on any atom is 0.394 e. The van der Waals surface area contributed by atoms with Gasteiger partial charge < -0.3 is 5.84 Å². The van der Waals surface area contributed by atoms with E-state index in [0.29, 0.717) is 0 Å². The van der Waals surface area contributed by atoms with E-state index < -0.39 is 10.4 Å². The Morgan fingerprint density at radius 3 is 2.00 bits per heavy atom. The molecule has 0 aliphatic rings. The van der Waals surface area contributed by atoms with Crippen molar-refractivity contribution in [1.82, 2.24) is 9.66 Å². The Kier molecular flexibility index (Phi) is 3.51. The molecule has 0 aliphatic carbocycles. The fourth-order valence-corrected chi connectivity index (χ4v) is 0.269. The summed E-state index contributed by atoms with van der Waals surface area (Å²) in [5.74, 6) is 5.13. The van der Waals surface area contributed by atoms with Crippen LogP contribution < -0.4 is 5.84 Å². The van der Waals surface area contributed by atoms with Gasteiger partial charge in [0.25, 0.3) is 0 Å². The Morgan fingerprint density at radius 1 is 1.45 bits per heavy atom. The zero-order valence-corrected chi connectivity index (χ0v) is 6.14. The lowest BCUT2D eigenvalue weighted by Crippen LogP contribution is -2.02. The van der Waals surface area contributed by atoms with Crippen molar-refractivity contribution in [2.45, 2.75) is 0 Å². The first-order valence-corrected chi connectivity index (χ1v) is 3.72. The predicted molar refractivity (Wildman–Crippen MR) is 36.6 cm³/mol. The van der Waals surface area contributed by atoms with Crippen LogP contribution in [0.25, 0.3) is 0 Å². The number of hydrogen-bond acceptors (Lipinski definition) is 4. The number of hydrogen-bond donors (Lipinski definition) is 3. The third kappa shape index (κ3) is 12.2. The molecule has 0 amide bonds. The molecule has 0 unspecified atom stereocenters. The van der Waals surface area contributed by atoms with Crippen LogP contribution >= 0.6 is 0 Å². The molecule has 1 rings (SSSR count). The fraction of sp³-hybridized carbons (Fsp3) is 0. The Labute approximate surface area is 63.0 Å². The number of nitrogens with zero attached hydrogens (tertiary/aromatic N) is 2. The van der Waals surface area contributed by atoms with Gasteiger partial charge in [-0.3, -0.25) is 13.8 Å². The molecule has 11 heavy (non-hydrogen) atoms. The summed E-state index contributed by atoms with van der Waals surface area (Å²) < 4.78 is 33.0. The molecular weight excluding hydrogens is 174 g/mol. The number of nitrogens with two attached hydrogens (primary N) is 1. The van der Waals surface area contributed by atoms with Crippen LogP contribution in [-0.4, -0.2) is 27.2 Å². The Hall–Kier alpha value is -1.12. The van der Waals surface area contributed by atoms with Crippen molar-refractivity contribution in [3.8, 4) is 0 Å². The molecule has 0 fully saturated rings. The molecule has 0 bridgehead atoms. The zero-order valence-electron chi connectivity index (χ0n) is 5.32. The summed E-state index contributed by atoms with van der Waals surface area (Å²) in [7, 11) is -4.67. The van der Waals surface area contributed by atoms with Crippen LogP contribution in [-0.2, 0) is 10.4 Å². The molecule has 0 aliphatic heterocycles. The van der Waals surface area contributed by atoms with E-state index in [-0.39, 0.29) is 0 Å². The molecule has 1 heterocycles. The lowest BCUT2D eigenvalue weighted by molar-refractivity contribution is 0.381. The van der Waals surface area contributed by atoms with Crippen molar-refractivity contribution in [2.24, 2.45) is 0 Å². The highest BCUT2D eigenvalue weighted by Gasteiger charge is 1.84. The highest BCUT2D eigenvalue weighted by molar-refractivity contribution is 7.79. The minimum absolute atomic E-state index is 1.39. The zero-order chi connectivity index (χ0) is 8.91. The summed E-state index contributed by atoms with van der Waals surface area (Å²) in [5.41, 5.74) is 0. The molecule has 0 atom stereocenters. The first-order chi connectivity index (χ1) is 4.89. The monoisotopic (exact) mass is 181 g/mol. The molecule has 0 spiro atoms. The molecule has 4 N–H and O–H groups in total. The number of imidazole rings is 1. The van der Waals surface area contributed by atoms with E-state index in [1.54, 1.807) is 12.4 Å². The Balaban J connectivity index is 0.000000187. The Morgan fingerprint density at radius 2 is 1.91 bits per heavy atom. The van der Waals surface area contributed by atoms with Gasteiger partial charge in [0, 0.05) is 12.4 Å². The van der Waals surface area contributed by atoms with E-state index in [9.17, 15) is 0 Å². The van der Waals surface area contributed by atoms with Gasteiger partial charge in [-0.25, -0.2) is 4.98 Å². The van der Waals surface area contributed by atoms with Gasteiger partial charge >= 0.3 is 10.4 Å². The highest BCUT2D eigenvalue weighted by Crippen LogP contribution is 1.69. The predicted octanol–water partition coefficient (Wildman–Crippen LogP) is -1.06. The van der Waals surface area contributed by atoms with Gasteiger partial charge in [-0.15, -0.1) is 0 Å². The summed E-state index contributed by atoms with van der Waals surface area (Å²) in [4.78, 5) is 3.66. The Bertz CT molecular complexity index is 270. The van der Waals surface area contributed by atoms with Gasteiger partial charge in [0.15, 0.2) is 0 Å². The molecule has 64 valence electrons. The van der Waals surface area contributed by atoms with Gasteiger partial charge in [-0.1, -0.05) is 0 Å². The SMILES string of the molecule is Nn1ccnc1.O=S(=O)(O)O. The summed E-state index contributed by atoms with van der Waals surface area (Å²) in [6, 6.07) is 0. The second-order valence-electron chi connectivity index (χ2n) is 1.46. The van der Waals surface area contributed by atoms with E-state index >= 15 is 0 Å². The molecular formula is C3H7N3O4S. The minimum Gasteiger partial charge on any atom is -0.338 e. The average Bonchev–Trinajstić information content (AvgIpc) is 2.12. The third-order valence-electron chi connectivity index (χ3n) is 0.525. The topological polar surface area (TPSA) is 118 Å². The van der Waals surface area contributed by atoms with Crippen LogP contribution in [0.4, 0.5) is 0 Å². The van der Waals surface area contributed by atoms with Gasteiger partial charge in [-0.05, 0) is 0 Å². The van der Waals surface area contributed by atoms with E-state index in [1.165, 1.54) is 11.0 Å². The molecule has 8 heteroatoms. The average molecular weight is 181 g/mol. The van der Waals surface area contributed by atoms with Crippen molar-refractivity contribution >= 4 is 10.4 Å². The van der Waals surface area contributed by atoms with Crippen molar-refractivity contribution in [1.29, 1.82) is 0 Å². The molecule has 0 saturated carbocycles. The van der Waals surface area contributed by atoms with Crippen LogP contribution in [0.15, 0.2) is 18.7 Å². The van der Waals surface area contributed by atoms with Gasteiger partial charge in [0.2, 0.25) is 0 Å². The molecule has 1 aromatic heterocycles. The second-order valence-corrected chi connectivity index (χ2v) is 2.35. The van der Waals surface area contributed by atoms with E-state index in [0.717, 1.165) is 0 Å². The van der Waals surface area contributed by atoms with Gasteiger partial charge in [0.1, 0.15) is 6.33 Å². The number of aromatic nitrogens is 2. The quantitative estimate of drug-likeness (QED) is 0.347. The normalized spacial score (nSPS) is 10.0. The fourth-order valence-electron chi connectivity index (χ4n) is 0.269. The van der Waals surface area contributed by atoms with E-state index in [2.05, 4.69) is 4.98 Å². The minimum atomic E-state index is -4.67. The van der Waals surface area contributed by atoms with Crippen LogP contribution in [0.2, 0.25) is 0 Å². The van der Waals surface area contributed by atoms with E-state index in [1.807, 2.05) is 0 Å². The highest BCUT2D eigenvalue weighted by atomic mass is 32.3. The smallest absolute Gasteiger partial charge is 0.338 e. The summed E-state index contributed by atoms with van der Waals surface area (Å²) in [6.07, 6.45) is 4.82. The molecule has 0 saturated heterocycles. The lowest BCUT2D eigenvalue weighted by atomic mass is 11.0. The largest absolute Gasteiger partial charge is 0.394 e. The van der Waals surface area contributed by atoms with Gasteiger partial charge in [-0.2, -0.15) is 8.42 Å². The summed E-state index contributed by atoms with van der Waals surface area (Å²) in [6.45, 7) is 0. The third-order valence-corrected chi connectivity index (χ3v) is 0.525. The maximum absolute atomic E-state index is 8.74. The van der Waals surface area contributed by atoms with Crippen LogP contribution in [0, 0.1) is 0 Å². The van der Waals surface area contributed by atoms with Crippen LogP contribution in [0.1, 0.15) is 0 Å². The van der Waals surface area contributed by atoms with Crippen molar-refractivity contribution < 1.29 is 17.5 Å². The molecule has 1 aromatic rings. The molecule has 0 radical (unpaired) electrons. The van der Waals surface area contributed by atoms with Crippen molar-refractivity contribution in [3.63, 3.8) is 0 Å². The van der Waals surface area contributed by atoms with Crippen molar-refractivity contribution in [2.75, 3.05) is 5.84 Å². The number of rotatable bonds is 0. The summed E-state index contributed by atoms with van der Waals surface area (Å²) >= 11 is 0. The van der Waals surface area contributed by atoms with Gasteiger partial charge in [0.05, 0.1) is 0 Å². The number of nitrogen functional groups attached to an aromatic ring is 1. The van der Waals surface area contributed by atoms with Crippen molar-refractivity contribution in [3.05, 3.63) is 18.7 Å². The first kappa shape index (κ1) is 9.88. The standard InChI is InChI=1S/C3H5N3.H2O4S/c4-6-2-1-5-3-6;1-5(2,3)4/h1-3H,4H2;(H2,1,2,3,4). The summed E-state index contributed by atoms with van der Waals surface area (Å²) in [5, 5.41) is 0. The second kappa shape index (κ2) is 3.91. The van der Waals surface area contributed by atoms with Crippen LogP contribution in [0.3, 0.4) is 0 Å². The van der Waals surface area contributed by atoms with Crippen LogP contribution in [0.5, 0.6) is 0 Å². The maximum atomic E-state index is 8.74. The molecule has 0 aromatic carbocycles.